The highest BCUT2D eigenvalue weighted by Gasteiger charge is 2.13. The molecule has 0 aliphatic carbocycles. The lowest BCUT2D eigenvalue weighted by atomic mass is 10.1. The van der Waals surface area contributed by atoms with E-state index < -0.39 is 0 Å². The quantitative estimate of drug-likeness (QED) is 0.677. The Morgan fingerprint density at radius 3 is 2.86 bits per heavy atom. The van der Waals surface area contributed by atoms with Crippen LogP contribution >= 0.6 is 0 Å². The van der Waals surface area contributed by atoms with Crippen molar-refractivity contribution in [2.24, 2.45) is 0 Å². The van der Waals surface area contributed by atoms with Crippen LogP contribution in [0.2, 0.25) is 0 Å². The number of hydrogen-bond acceptors (Lipinski definition) is 4. The molecule has 1 aromatic heterocycles. The molecular weight excluding hydrogens is 268 g/mol. The van der Waals surface area contributed by atoms with Crippen LogP contribution in [0.1, 0.15) is 24.4 Å². The predicted molar refractivity (Wildman–Crippen MR) is 80.5 cm³/mol. The van der Waals surface area contributed by atoms with Crippen LogP contribution < -0.4 is 5.32 Å². The Labute approximate surface area is 123 Å². The SMILES string of the molecule is O=[N+]([O-])c1ccc(NCCc2cnc3n2CCCC3)cc1. The number of nitrogens with zero attached hydrogens (tertiary/aromatic N) is 3. The summed E-state index contributed by atoms with van der Waals surface area (Å²) in [5, 5.41) is 13.9. The van der Waals surface area contributed by atoms with Gasteiger partial charge in [0.05, 0.1) is 4.92 Å². The zero-order valence-corrected chi connectivity index (χ0v) is 11.8. The molecule has 0 bridgehead atoms. The van der Waals surface area contributed by atoms with Crippen molar-refractivity contribution in [1.82, 2.24) is 9.55 Å². The van der Waals surface area contributed by atoms with E-state index in [9.17, 15) is 10.1 Å². The van der Waals surface area contributed by atoms with E-state index >= 15 is 0 Å². The van der Waals surface area contributed by atoms with E-state index in [1.807, 2.05) is 6.20 Å². The van der Waals surface area contributed by atoms with Gasteiger partial charge in [-0.05, 0) is 25.0 Å². The molecule has 0 spiro atoms. The first-order valence-corrected chi connectivity index (χ1v) is 7.25. The average Bonchev–Trinajstić information content (AvgIpc) is 2.91. The van der Waals surface area contributed by atoms with Gasteiger partial charge in [0.2, 0.25) is 0 Å². The maximum Gasteiger partial charge on any atom is 0.269 e. The summed E-state index contributed by atoms with van der Waals surface area (Å²) < 4.78 is 2.32. The standard InChI is InChI=1S/C15H18N4O2/c20-19(21)13-6-4-12(5-7-13)16-9-8-14-11-17-15-3-1-2-10-18(14)15/h4-7,11,16H,1-3,8-10H2. The van der Waals surface area contributed by atoms with Crippen molar-refractivity contribution >= 4 is 11.4 Å². The third kappa shape index (κ3) is 3.04. The number of non-ortho nitro benzene ring substituents is 1. The summed E-state index contributed by atoms with van der Waals surface area (Å²) >= 11 is 0. The van der Waals surface area contributed by atoms with Gasteiger partial charge in [-0.25, -0.2) is 4.98 Å². The molecule has 1 N–H and O–H groups in total. The minimum Gasteiger partial charge on any atom is -0.385 e. The first kappa shape index (κ1) is 13.6. The smallest absolute Gasteiger partial charge is 0.269 e. The molecule has 110 valence electrons. The van der Waals surface area contributed by atoms with E-state index in [0.717, 1.165) is 31.6 Å². The molecule has 0 saturated carbocycles. The first-order chi connectivity index (χ1) is 10.2. The zero-order chi connectivity index (χ0) is 14.7. The van der Waals surface area contributed by atoms with Crippen molar-refractivity contribution < 1.29 is 4.92 Å². The van der Waals surface area contributed by atoms with Gasteiger partial charge >= 0.3 is 0 Å². The van der Waals surface area contributed by atoms with Crippen molar-refractivity contribution in [1.29, 1.82) is 0 Å². The van der Waals surface area contributed by atoms with Gasteiger partial charge in [0.25, 0.3) is 5.69 Å². The molecule has 0 amide bonds. The van der Waals surface area contributed by atoms with Gasteiger partial charge in [0.1, 0.15) is 5.82 Å². The number of fused-ring (bicyclic) bond motifs is 1. The second-order valence-corrected chi connectivity index (χ2v) is 5.26. The molecule has 0 radical (unpaired) electrons. The molecule has 1 aromatic carbocycles. The lowest BCUT2D eigenvalue weighted by molar-refractivity contribution is -0.384. The normalized spacial score (nSPS) is 13.7. The van der Waals surface area contributed by atoms with Gasteiger partial charge in [0, 0.05) is 55.6 Å². The number of aromatic nitrogens is 2. The molecule has 0 unspecified atom stereocenters. The summed E-state index contributed by atoms with van der Waals surface area (Å²) in [6.45, 7) is 1.87. The minimum atomic E-state index is -0.387. The van der Waals surface area contributed by atoms with Gasteiger partial charge in [0.15, 0.2) is 0 Å². The minimum absolute atomic E-state index is 0.116. The number of nitro benzene ring substituents is 1. The fraction of sp³-hybridized carbons (Fsp3) is 0.400. The fourth-order valence-corrected chi connectivity index (χ4v) is 2.71. The van der Waals surface area contributed by atoms with Crippen LogP contribution in [0.5, 0.6) is 0 Å². The van der Waals surface area contributed by atoms with Crippen LogP contribution in [-0.4, -0.2) is 21.0 Å². The van der Waals surface area contributed by atoms with E-state index in [4.69, 9.17) is 0 Å². The summed E-state index contributed by atoms with van der Waals surface area (Å²) in [6.07, 6.45) is 6.42. The van der Waals surface area contributed by atoms with Crippen LogP contribution in [0, 0.1) is 10.1 Å². The Hall–Kier alpha value is -2.37. The van der Waals surface area contributed by atoms with Crippen LogP contribution in [0.15, 0.2) is 30.5 Å². The van der Waals surface area contributed by atoms with Crippen molar-refractivity contribution in [3.8, 4) is 0 Å². The fourth-order valence-electron chi connectivity index (χ4n) is 2.71. The Balaban J connectivity index is 1.56. The molecule has 1 aliphatic heterocycles. The Bertz CT molecular complexity index is 634. The maximum absolute atomic E-state index is 10.6. The van der Waals surface area contributed by atoms with Crippen molar-refractivity contribution in [2.45, 2.75) is 32.2 Å². The highest BCUT2D eigenvalue weighted by Crippen LogP contribution is 2.18. The van der Waals surface area contributed by atoms with E-state index in [0.29, 0.717) is 0 Å². The van der Waals surface area contributed by atoms with Gasteiger partial charge in [-0.2, -0.15) is 0 Å². The lowest BCUT2D eigenvalue weighted by Crippen LogP contribution is -2.15. The van der Waals surface area contributed by atoms with Gasteiger partial charge in [-0.3, -0.25) is 10.1 Å². The first-order valence-electron chi connectivity index (χ1n) is 7.25. The molecular formula is C15H18N4O2. The van der Waals surface area contributed by atoms with Gasteiger partial charge in [-0.1, -0.05) is 0 Å². The van der Waals surface area contributed by atoms with E-state index in [-0.39, 0.29) is 10.6 Å². The number of imidazole rings is 1. The van der Waals surface area contributed by atoms with Crippen molar-refractivity contribution in [3.05, 3.63) is 52.1 Å². The molecule has 6 heteroatoms. The van der Waals surface area contributed by atoms with Crippen molar-refractivity contribution in [2.75, 3.05) is 11.9 Å². The molecule has 0 atom stereocenters. The molecule has 3 rings (SSSR count). The summed E-state index contributed by atoms with van der Waals surface area (Å²) in [7, 11) is 0. The third-order valence-corrected chi connectivity index (χ3v) is 3.84. The highest BCUT2D eigenvalue weighted by atomic mass is 16.6. The number of rotatable bonds is 5. The molecule has 0 fully saturated rings. The molecule has 6 nitrogen and oxygen atoms in total. The third-order valence-electron chi connectivity index (χ3n) is 3.84. The molecule has 1 aliphatic rings. The van der Waals surface area contributed by atoms with Crippen LogP contribution in [0.4, 0.5) is 11.4 Å². The maximum atomic E-state index is 10.6. The van der Waals surface area contributed by atoms with E-state index in [2.05, 4.69) is 14.9 Å². The number of hydrogen-bond donors (Lipinski definition) is 1. The van der Waals surface area contributed by atoms with Gasteiger partial charge < -0.3 is 9.88 Å². The Kier molecular flexibility index (Phi) is 3.85. The van der Waals surface area contributed by atoms with Crippen LogP contribution in [0.3, 0.4) is 0 Å². The number of benzene rings is 1. The summed E-state index contributed by atoms with van der Waals surface area (Å²) in [6, 6.07) is 6.51. The zero-order valence-electron chi connectivity index (χ0n) is 11.8. The monoisotopic (exact) mass is 286 g/mol. The number of nitrogens with one attached hydrogen (secondary N) is 1. The van der Waals surface area contributed by atoms with E-state index in [1.54, 1.807) is 12.1 Å². The summed E-state index contributed by atoms with van der Waals surface area (Å²) in [5.41, 5.74) is 2.28. The molecule has 2 aromatic rings. The average molecular weight is 286 g/mol. The number of anilines is 1. The number of aryl methyl sites for hydroxylation is 1. The second-order valence-electron chi connectivity index (χ2n) is 5.26. The lowest BCUT2D eigenvalue weighted by Gasteiger charge is -2.16. The summed E-state index contributed by atoms with van der Waals surface area (Å²) in [4.78, 5) is 14.7. The van der Waals surface area contributed by atoms with Crippen LogP contribution in [0.25, 0.3) is 0 Å². The summed E-state index contributed by atoms with van der Waals surface area (Å²) in [5.74, 6) is 1.20. The van der Waals surface area contributed by atoms with E-state index in [1.165, 1.54) is 36.5 Å². The number of nitro groups is 1. The molecule has 2 heterocycles. The Morgan fingerprint density at radius 1 is 1.29 bits per heavy atom. The highest BCUT2D eigenvalue weighted by molar-refractivity contribution is 5.48. The predicted octanol–water partition coefficient (Wildman–Crippen LogP) is 2.78. The van der Waals surface area contributed by atoms with Crippen molar-refractivity contribution in [3.63, 3.8) is 0 Å². The molecule has 21 heavy (non-hydrogen) atoms. The Morgan fingerprint density at radius 2 is 2.10 bits per heavy atom. The molecule has 0 saturated heterocycles. The second kappa shape index (κ2) is 5.95. The topological polar surface area (TPSA) is 73.0 Å². The van der Waals surface area contributed by atoms with Crippen LogP contribution in [-0.2, 0) is 19.4 Å². The van der Waals surface area contributed by atoms with Gasteiger partial charge in [-0.15, -0.1) is 0 Å². The largest absolute Gasteiger partial charge is 0.385 e.